The molecule has 10 heteroatoms. The molecule has 6 aromatic rings. The average Bonchev–Trinajstić information content (AvgIpc) is 3.28. The van der Waals surface area contributed by atoms with Crippen LogP contribution in [0.2, 0.25) is 0 Å². The van der Waals surface area contributed by atoms with E-state index >= 15 is 0 Å². The molecule has 0 radical (unpaired) electrons. The number of nitrogens with zero attached hydrogens (tertiary/aromatic N) is 8. The van der Waals surface area contributed by atoms with Crippen LogP contribution < -0.4 is 15.8 Å². The molecule has 0 aliphatic carbocycles. The molecule has 2 aromatic carbocycles. The van der Waals surface area contributed by atoms with Crippen LogP contribution in [-0.4, -0.2) is 67.3 Å². The normalized spacial score (nSPS) is 14.4. The molecular weight excluding hydrogens is 502 g/mol. The first kappa shape index (κ1) is 24.2. The van der Waals surface area contributed by atoms with Gasteiger partial charge in [0, 0.05) is 55.3 Å². The Hall–Kier alpha value is -4.83. The quantitative estimate of drug-likeness (QED) is 0.364. The SMILES string of the molecule is Cc1ccnc(-n2c3ccccc3c3nc4nc(Nc5ccc(N6CCN(C)CC6)c(C)c5)ncc4c(=O)n32)c1. The summed E-state index contributed by atoms with van der Waals surface area (Å²) in [6.45, 7) is 8.28. The molecule has 7 rings (SSSR count). The summed E-state index contributed by atoms with van der Waals surface area (Å²) < 4.78 is 3.37. The molecule has 0 amide bonds. The zero-order valence-corrected chi connectivity index (χ0v) is 22.7. The summed E-state index contributed by atoms with van der Waals surface area (Å²) in [6.07, 6.45) is 3.29. The van der Waals surface area contributed by atoms with Gasteiger partial charge in [0.1, 0.15) is 5.39 Å². The number of aryl methyl sites for hydroxylation is 2. The lowest BCUT2D eigenvalue weighted by Crippen LogP contribution is -2.44. The summed E-state index contributed by atoms with van der Waals surface area (Å²) in [5, 5.41) is 4.48. The van der Waals surface area contributed by atoms with Gasteiger partial charge >= 0.3 is 0 Å². The van der Waals surface area contributed by atoms with Crippen LogP contribution >= 0.6 is 0 Å². The Morgan fingerprint density at radius 1 is 0.875 bits per heavy atom. The van der Waals surface area contributed by atoms with Crippen molar-refractivity contribution in [2.24, 2.45) is 0 Å². The summed E-state index contributed by atoms with van der Waals surface area (Å²) in [6, 6.07) is 18.0. The molecule has 0 atom stereocenters. The summed E-state index contributed by atoms with van der Waals surface area (Å²) in [5.41, 5.74) is 5.81. The molecule has 1 saturated heterocycles. The number of benzene rings is 2. The van der Waals surface area contributed by atoms with Gasteiger partial charge in [-0.3, -0.25) is 4.79 Å². The van der Waals surface area contributed by atoms with Crippen LogP contribution in [0.15, 0.2) is 71.8 Å². The molecule has 1 fully saturated rings. The van der Waals surface area contributed by atoms with Gasteiger partial charge in [0.25, 0.3) is 5.56 Å². The lowest BCUT2D eigenvalue weighted by atomic mass is 10.1. The number of hydrogen-bond donors (Lipinski definition) is 1. The number of fused-ring (bicyclic) bond motifs is 4. The van der Waals surface area contributed by atoms with E-state index in [1.54, 1.807) is 16.9 Å². The van der Waals surface area contributed by atoms with Gasteiger partial charge in [-0.25, -0.2) is 19.6 Å². The van der Waals surface area contributed by atoms with Crippen LogP contribution in [0.25, 0.3) is 33.4 Å². The van der Waals surface area contributed by atoms with Gasteiger partial charge in [-0.15, -0.1) is 0 Å². The Morgan fingerprint density at radius 2 is 1.70 bits per heavy atom. The summed E-state index contributed by atoms with van der Waals surface area (Å²) in [5.74, 6) is 1.03. The zero-order valence-electron chi connectivity index (χ0n) is 22.7. The van der Waals surface area contributed by atoms with Gasteiger partial charge in [0.15, 0.2) is 17.1 Å². The predicted molar refractivity (Wildman–Crippen MR) is 158 cm³/mol. The van der Waals surface area contributed by atoms with Gasteiger partial charge in [-0.05, 0) is 74.5 Å². The Balaban J connectivity index is 1.29. The molecule has 1 aliphatic rings. The molecule has 0 spiro atoms. The van der Waals surface area contributed by atoms with E-state index in [0.29, 0.717) is 28.4 Å². The van der Waals surface area contributed by atoms with Crippen molar-refractivity contribution < 1.29 is 0 Å². The van der Waals surface area contributed by atoms with Crippen molar-refractivity contribution in [2.75, 3.05) is 43.4 Å². The number of para-hydroxylation sites is 1. The molecule has 1 aliphatic heterocycles. The van der Waals surface area contributed by atoms with E-state index in [1.165, 1.54) is 11.3 Å². The lowest BCUT2D eigenvalue weighted by Gasteiger charge is -2.35. The molecule has 0 bridgehead atoms. The van der Waals surface area contributed by atoms with E-state index in [1.807, 2.05) is 54.1 Å². The highest BCUT2D eigenvalue weighted by Gasteiger charge is 2.19. The minimum Gasteiger partial charge on any atom is -0.369 e. The van der Waals surface area contributed by atoms with Crippen molar-refractivity contribution >= 4 is 44.9 Å². The maximum absolute atomic E-state index is 13.8. The number of nitrogens with one attached hydrogen (secondary N) is 1. The number of hydrogen-bond acceptors (Lipinski definition) is 8. The number of pyridine rings is 1. The Bertz CT molecular complexity index is 1970. The van der Waals surface area contributed by atoms with Gasteiger partial charge in [-0.2, -0.15) is 9.50 Å². The molecule has 10 nitrogen and oxygen atoms in total. The highest BCUT2D eigenvalue weighted by Crippen LogP contribution is 2.27. The highest BCUT2D eigenvalue weighted by atomic mass is 16.1. The zero-order chi connectivity index (χ0) is 27.4. The fraction of sp³-hybridized carbons (Fsp3) is 0.233. The summed E-state index contributed by atoms with van der Waals surface area (Å²) >= 11 is 0. The van der Waals surface area contributed by atoms with Crippen molar-refractivity contribution in [2.45, 2.75) is 13.8 Å². The third-order valence-corrected chi connectivity index (χ3v) is 7.59. The third kappa shape index (κ3) is 4.04. The van der Waals surface area contributed by atoms with Crippen LogP contribution in [0.1, 0.15) is 11.1 Å². The second-order valence-corrected chi connectivity index (χ2v) is 10.4. The first-order valence-corrected chi connectivity index (χ1v) is 13.4. The number of anilines is 3. The summed E-state index contributed by atoms with van der Waals surface area (Å²) in [7, 11) is 2.16. The number of piperazine rings is 1. The number of aromatic nitrogens is 6. The van der Waals surface area contributed by atoms with Crippen molar-refractivity contribution in [3.8, 4) is 5.82 Å². The van der Waals surface area contributed by atoms with Gasteiger partial charge in [0.05, 0.1) is 5.52 Å². The van der Waals surface area contributed by atoms with Crippen LogP contribution in [0, 0.1) is 13.8 Å². The van der Waals surface area contributed by atoms with Crippen molar-refractivity contribution in [1.82, 2.24) is 34.0 Å². The van der Waals surface area contributed by atoms with Gasteiger partial charge in [-0.1, -0.05) is 12.1 Å². The second kappa shape index (κ2) is 9.42. The smallest absolute Gasteiger partial charge is 0.284 e. The minimum absolute atomic E-state index is 0.251. The van der Waals surface area contributed by atoms with E-state index < -0.39 is 0 Å². The maximum Gasteiger partial charge on any atom is 0.284 e. The van der Waals surface area contributed by atoms with Gasteiger partial charge < -0.3 is 15.1 Å². The van der Waals surface area contributed by atoms with Crippen LogP contribution in [0.5, 0.6) is 0 Å². The second-order valence-electron chi connectivity index (χ2n) is 10.4. The lowest BCUT2D eigenvalue weighted by molar-refractivity contribution is 0.312. The van der Waals surface area contributed by atoms with E-state index in [2.05, 4.69) is 56.2 Å². The molecule has 40 heavy (non-hydrogen) atoms. The summed E-state index contributed by atoms with van der Waals surface area (Å²) in [4.78, 5) is 37.1. The maximum atomic E-state index is 13.8. The van der Waals surface area contributed by atoms with Gasteiger partial charge in [0.2, 0.25) is 5.95 Å². The molecule has 1 N–H and O–H groups in total. The minimum atomic E-state index is -0.251. The number of rotatable bonds is 4. The highest BCUT2D eigenvalue weighted by molar-refractivity contribution is 5.95. The fourth-order valence-corrected chi connectivity index (χ4v) is 5.47. The molecule has 4 aromatic heterocycles. The largest absolute Gasteiger partial charge is 0.369 e. The van der Waals surface area contributed by atoms with Crippen LogP contribution in [0.4, 0.5) is 17.3 Å². The van der Waals surface area contributed by atoms with E-state index in [4.69, 9.17) is 4.98 Å². The standard InChI is InChI=1S/C30H29N9O/c1-19-10-11-31-26(16-19)38-25-7-5-4-6-22(25)28-34-27-23(29(40)39(28)38)18-32-30(35-27)33-21-8-9-24(20(2)17-21)37-14-12-36(3)13-15-37/h4-11,16-18H,12-15H2,1-3H3,(H,32,33,35). The molecule has 5 heterocycles. The van der Waals surface area contributed by atoms with Crippen LogP contribution in [0.3, 0.4) is 0 Å². The first-order chi connectivity index (χ1) is 19.5. The molecular formula is C30H29N9O. The van der Waals surface area contributed by atoms with Crippen molar-refractivity contribution in [3.63, 3.8) is 0 Å². The Morgan fingerprint density at radius 3 is 2.50 bits per heavy atom. The fourth-order valence-electron chi connectivity index (χ4n) is 5.47. The third-order valence-electron chi connectivity index (χ3n) is 7.59. The van der Waals surface area contributed by atoms with E-state index in [-0.39, 0.29) is 5.56 Å². The monoisotopic (exact) mass is 531 g/mol. The topological polar surface area (TPSA) is 96.5 Å². The molecule has 0 unspecified atom stereocenters. The molecule has 200 valence electrons. The molecule has 0 saturated carbocycles. The van der Waals surface area contributed by atoms with E-state index in [0.717, 1.165) is 48.3 Å². The van der Waals surface area contributed by atoms with Crippen molar-refractivity contribution in [1.29, 1.82) is 0 Å². The van der Waals surface area contributed by atoms with Crippen molar-refractivity contribution in [3.05, 3.63) is 88.5 Å². The first-order valence-electron chi connectivity index (χ1n) is 13.4. The Labute approximate surface area is 230 Å². The number of likely N-dealkylation sites (N-methyl/N-ethyl adjacent to an activating group) is 1. The Kier molecular flexibility index (Phi) is 5.71. The van der Waals surface area contributed by atoms with Crippen LogP contribution in [-0.2, 0) is 0 Å². The predicted octanol–water partition coefficient (Wildman–Crippen LogP) is 4.09. The van der Waals surface area contributed by atoms with E-state index in [9.17, 15) is 4.79 Å². The average molecular weight is 532 g/mol.